The summed E-state index contributed by atoms with van der Waals surface area (Å²) in [6, 6.07) is 15.0. The first-order valence-corrected chi connectivity index (χ1v) is 10.7. The minimum absolute atomic E-state index is 0.129. The second kappa shape index (κ2) is 9.58. The zero-order chi connectivity index (χ0) is 20.8. The number of hydrogen-bond acceptors (Lipinski definition) is 6. The lowest BCUT2D eigenvalue weighted by atomic mass is 10.2. The number of thiazole rings is 1. The summed E-state index contributed by atoms with van der Waals surface area (Å²) in [5.74, 6) is 0.524. The van der Waals surface area contributed by atoms with Gasteiger partial charge in [-0.25, -0.2) is 4.98 Å². The fourth-order valence-corrected chi connectivity index (χ4v) is 4.19. The summed E-state index contributed by atoms with van der Waals surface area (Å²) in [5.41, 5.74) is 2.47. The molecule has 150 valence electrons. The molecule has 0 aliphatic carbocycles. The first-order valence-electron chi connectivity index (χ1n) is 8.89. The number of carbonyl (C=O) groups is 2. The van der Waals surface area contributed by atoms with Crippen molar-refractivity contribution in [3.05, 3.63) is 53.9 Å². The van der Waals surface area contributed by atoms with E-state index in [9.17, 15) is 9.59 Å². The third-order valence-corrected chi connectivity index (χ3v) is 5.81. The molecule has 29 heavy (non-hydrogen) atoms. The number of nitrogens with zero attached hydrogens (tertiary/aromatic N) is 1. The van der Waals surface area contributed by atoms with Crippen molar-refractivity contribution in [2.75, 3.05) is 17.7 Å². The molecular weight excluding hydrogens is 406 g/mol. The van der Waals surface area contributed by atoms with E-state index < -0.39 is 0 Å². The quantitative estimate of drug-likeness (QED) is 0.525. The molecule has 3 aromatic rings. The molecule has 0 fully saturated rings. The molecule has 1 atom stereocenters. The zero-order valence-electron chi connectivity index (χ0n) is 16.3. The van der Waals surface area contributed by atoms with Gasteiger partial charge in [-0.1, -0.05) is 6.07 Å². The predicted octanol–water partition coefficient (Wildman–Crippen LogP) is 4.90. The topological polar surface area (TPSA) is 80.3 Å². The lowest BCUT2D eigenvalue weighted by molar-refractivity contribution is -0.115. The van der Waals surface area contributed by atoms with Crippen LogP contribution >= 0.6 is 23.1 Å². The molecule has 2 amide bonds. The Morgan fingerprint density at radius 2 is 1.90 bits per heavy atom. The van der Waals surface area contributed by atoms with Crippen molar-refractivity contribution in [1.82, 2.24) is 4.98 Å². The monoisotopic (exact) mass is 427 g/mol. The Bertz CT molecular complexity index is 1000. The Balaban J connectivity index is 1.61. The van der Waals surface area contributed by atoms with E-state index in [0.29, 0.717) is 10.8 Å². The fourth-order valence-electron chi connectivity index (χ4n) is 2.54. The molecule has 2 N–H and O–H groups in total. The fraction of sp³-hybridized carbons (Fsp3) is 0.190. The number of hydrogen-bond donors (Lipinski definition) is 2. The summed E-state index contributed by atoms with van der Waals surface area (Å²) in [7, 11) is 1.63. The lowest BCUT2D eigenvalue weighted by Gasteiger charge is -2.11. The third kappa shape index (κ3) is 5.82. The molecule has 0 spiro atoms. The van der Waals surface area contributed by atoms with E-state index in [1.165, 1.54) is 30.0 Å². The van der Waals surface area contributed by atoms with Crippen LogP contribution < -0.4 is 15.4 Å². The van der Waals surface area contributed by atoms with Gasteiger partial charge in [0.2, 0.25) is 11.8 Å². The van der Waals surface area contributed by atoms with Gasteiger partial charge in [-0.3, -0.25) is 9.59 Å². The molecule has 1 aromatic heterocycles. The molecule has 1 unspecified atom stereocenters. The van der Waals surface area contributed by atoms with Gasteiger partial charge < -0.3 is 15.4 Å². The van der Waals surface area contributed by atoms with Gasteiger partial charge in [0.1, 0.15) is 5.75 Å². The number of ether oxygens (including phenoxy) is 1. The number of thioether (sulfide) groups is 1. The number of carbonyl (C=O) groups excluding carboxylic acids is 2. The van der Waals surface area contributed by atoms with Crippen molar-refractivity contribution in [3.63, 3.8) is 0 Å². The van der Waals surface area contributed by atoms with E-state index >= 15 is 0 Å². The van der Waals surface area contributed by atoms with Crippen LogP contribution in [-0.4, -0.2) is 29.2 Å². The van der Waals surface area contributed by atoms with Gasteiger partial charge in [0.15, 0.2) is 5.13 Å². The summed E-state index contributed by atoms with van der Waals surface area (Å²) in [6.07, 6.45) is 0. The Morgan fingerprint density at radius 3 is 2.59 bits per heavy atom. The van der Waals surface area contributed by atoms with Crippen LogP contribution in [0, 0.1) is 0 Å². The summed E-state index contributed by atoms with van der Waals surface area (Å²) in [4.78, 5) is 29.2. The summed E-state index contributed by atoms with van der Waals surface area (Å²) in [5, 5.41) is 7.76. The first-order chi connectivity index (χ1) is 13.9. The molecule has 3 rings (SSSR count). The minimum Gasteiger partial charge on any atom is -0.497 e. The van der Waals surface area contributed by atoms with Crippen LogP contribution in [0.1, 0.15) is 13.8 Å². The first kappa shape index (κ1) is 20.9. The van der Waals surface area contributed by atoms with E-state index in [4.69, 9.17) is 4.74 Å². The lowest BCUT2D eigenvalue weighted by Crippen LogP contribution is -2.22. The standard InChI is InChI=1S/C21H21N3O3S2/c1-13(29-18-6-4-5-16(11-18)22-14(2)25)20(26)24-21-23-19(12-28-21)15-7-9-17(27-3)10-8-15/h4-13H,1-3H3,(H,22,25)(H,23,24,26). The van der Waals surface area contributed by atoms with E-state index in [1.807, 2.05) is 60.8 Å². The second-order valence-corrected chi connectivity index (χ2v) is 8.50. The Morgan fingerprint density at radius 1 is 1.14 bits per heavy atom. The average Bonchev–Trinajstić information content (AvgIpc) is 3.16. The molecule has 0 aliphatic rings. The number of rotatable bonds is 7. The van der Waals surface area contributed by atoms with Crippen molar-refractivity contribution < 1.29 is 14.3 Å². The number of benzene rings is 2. The van der Waals surface area contributed by atoms with Crippen molar-refractivity contribution in [3.8, 4) is 17.0 Å². The molecule has 0 bridgehead atoms. The number of nitrogens with one attached hydrogen (secondary N) is 2. The second-order valence-electron chi connectivity index (χ2n) is 6.22. The number of aromatic nitrogens is 1. The number of amides is 2. The molecule has 2 aromatic carbocycles. The summed E-state index contributed by atoms with van der Waals surface area (Å²) >= 11 is 2.80. The highest BCUT2D eigenvalue weighted by Gasteiger charge is 2.17. The van der Waals surface area contributed by atoms with Crippen LogP contribution in [0.4, 0.5) is 10.8 Å². The SMILES string of the molecule is COc1ccc(-c2csc(NC(=O)C(C)Sc3cccc(NC(C)=O)c3)n2)cc1. The maximum Gasteiger partial charge on any atom is 0.239 e. The largest absolute Gasteiger partial charge is 0.497 e. The van der Waals surface area contributed by atoms with Gasteiger partial charge in [-0.2, -0.15) is 0 Å². The van der Waals surface area contributed by atoms with E-state index in [2.05, 4.69) is 15.6 Å². The van der Waals surface area contributed by atoms with Crippen LogP contribution in [0.5, 0.6) is 5.75 Å². The molecule has 0 aliphatic heterocycles. The van der Waals surface area contributed by atoms with Gasteiger partial charge >= 0.3 is 0 Å². The molecule has 1 heterocycles. The van der Waals surface area contributed by atoms with Crippen LogP contribution in [0.3, 0.4) is 0 Å². The van der Waals surface area contributed by atoms with Gasteiger partial charge in [-0.15, -0.1) is 23.1 Å². The molecule has 0 saturated carbocycles. The maximum absolute atomic E-state index is 12.6. The zero-order valence-corrected chi connectivity index (χ0v) is 17.9. The number of anilines is 2. The minimum atomic E-state index is -0.323. The van der Waals surface area contributed by atoms with E-state index in [-0.39, 0.29) is 17.1 Å². The van der Waals surface area contributed by atoms with Crippen molar-refractivity contribution in [2.45, 2.75) is 24.0 Å². The maximum atomic E-state index is 12.6. The molecule has 6 nitrogen and oxygen atoms in total. The van der Waals surface area contributed by atoms with E-state index in [0.717, 1.165) is 21.9 Å². The van der Waals surface area contributed by atoms with Crippen molar-refractivity contribution >= 4 is 45.7 Å². The Labute approximate surface area is 177 Å². The van der Waals surface area contributed by atoms with Gasteiger partial charge in [-0.05, 0) is 49.4 Å². The summed E-state index contributed by atoms with van der Waals surface area (Å²) < 4.78 is 5.17. The van der Waals surface area contributed by atoms with Crippen molar-refractivity contribution in [2.24, 2.45) is 0 Å². The average molecular weight is 428 g/mol. The molecule has 0 saturated heterocycles. The van der Waals surface area contributed by atoms with Gasteiger partial charge in [0, 0.05) is 28.5 Å². The highest BCUT2D eigenvalue weighted by molar-refractivity contribution is 8.00. The third-order valence-electron chi connectivity index (χ3n) is 3.96. The summed E-state index contributed by atoms with van der Waals surface area (Å²) in [6.45, 7) is 3.30. The number of methoxy groups -OCH3 is 1. The normalized spacial score (nSPS) is 11.6. The van der Waals surface area contributed by atoms with Gasteiger partial charge in [0.25, 0.3) is 0 Å². The van der Waals surface area contributed by atoms with E-state index in [1.54, 1.807) is 7.11 Å². The van der Waals surface area contributed by atoms with Crippen molar-refractivity contribution in [1.29, 1.82) is 0 Å². The molecular formula is C21H21N3O3S2. The Kier molecular flexibility index (Phi) is 6.90. The van der Waals surface area contributed by atoms with Crippen LogP contribution in [0.15, 0.2) is 58.8 Å². The van der Waals surface area contributed by atoms with Crippen LogP contribution in [0.25, 0.3) is 11.3 Å². The molecule has 8 heteroatoms. The van der Waals surface area contributed by atoms with Gasteiger partial charge in [0.05, 0.1) is 18.1 Å². The van der Waals surface area contributed by atoms with Crippen LogP contribution in [0.2, 0.25) is 0 Å². The molecule has 0 radical (unpaired) electrons. The Hall–Kier alpha value is -2.84. The van der Waals surface area contributed by atoms with Crippen LogP contribution in [-0.2, 0) is 9.59 Å². The highest BCUT2D eigenvalue weighted by atomic mass is 32.2. The predicted molar refractivity (Wildman–Crippen MR) is 119 cm³/mol. The highest BCUT2D eigenvalue weighted by Crippen LogP contribution is 2.29. The smallest absolute Gasteiger partial charge is 0.239 e.